The summed E-state index contributed by atoms with van der Waals surface area (Å²) in [4.78, 5) is 0.763. The predicted octanol–water partition coefficient (Wildman–Crippen LogP) is 5.08. The minimum Gasteiger partial charge on any atom is -0.0917 e. The summed E-state index contributed by atoms with van der Waals surface area (Å²) >= 11 is 3.71. The number of hydrogen-bond acceptors (Lipinski definition) is 0. The average Bonchev–Trinajstić information content (AvgIpc) is 2.11. The van der Waals surface area contributed by atoms with Crippen LogP contribution in [-0.4, -0.2) is 4.83 Å². The Labute approximate surface area is 91.9 Å². The molecule has 0 aromatic carbocycles. The highest BCUT2D eigenvalue weighted by molar-refractivity contribution is 9.09. The molecule has 0 N–H and O–H groups in total. The molecule has 78 valence electrons. The molecule has 0 aliphatic carbocycles. The Kier molecular flexibility index (Phi) is 10.5. The van der Waals surface area contributed by atoms with Gasteiger partial charge >= 0.3 is 0 Å². The molecule has 0 amide bonds. The quantitative estimate of drug-likeness (QED) is 0.319. The van der Waals surface area contributed by atoms with Gasteiger partial charge in [-0.2, -0.15) is 0 Å². The number of unbranched alkanes of at least 4 members (excludes halogenated alkanes) is 3. The molecular formula is C12H23Br. The van der Waals surface area contributed by atoms with Crippen molar-refractivity contribution in [2.75, 3.05) is 0 Å². The average molecular weight is 247 g/mol. The van der Waals surface area contributed by atoms with Gasteiger partial charge in [-0.25, -0.2) is 0 Å². The highest BCUT2D eigenvalue weighted by atomic mass is 79.9. The molecule has 0 bridgehead atoms. The zero-order valence-electron chi connectivity index (χ0n) is 9.06. The van der Waals surface area contributed by atoms with Gasteiger partial charge in [0.05, 0.1) is 0 Å². The van der Waals surface area contributed by atoms with Gasteiger partial charge in [-0.05, 0) is 32.6 Å². The van der Waals surface area contributed by atoms with Gasteiger partial charge in [0.2, 0.25) is 0 Å². The SMILES string of the molecule is CC=CCCCCCC(Br)CCC. The van der Waals surface area contributed by atoms with E-state index in [4.69, 9.17) is 0 Å². The summed E-state index contributed by atoms with van der Waals surface area (Å²) in [5.74, 6) is 0. The van der Waals surface area contributed by atoms with Crippen LogP contribution in [0.4, 0.5) is 0 Å². The molecule has 0 saturated heterocycles. The van der Waals surface area contributed by atoms with Crippen molar-refractivity contribution >= 4 is 15.9 Å². The van der Waals surface area contributed by atoms with Gasteiger partial charge in [-0.3, -0.25) is 0 Å². The van der Waals surface area contributed by atoms with E-state index >= 15 is 0 Å². The van der Waals surface area contributed by atoms with Crippen LogP contribution in [0, 0.1) is 0 Å². The van der Waals surface area contributed by atoms with Crippen molar-refractivity contribution < 1.29 is 0 Å². The van der Waals surface area contributed by atoms with Crippen molar-refractivity contribution in [3.05, 3.63) is 12.2 Å². The van der Waals surface area contributed by atoms with Gasteiger partial charge in [0.1, 0.15) is 0 Å². The van der Waals surface area contributed by atoms with Crippen molar-refractivity contribution in [3.63, 3.8) is 0 Å². The minimum absolute atomic E-state index is 0.763. The normalized spacial score (nSPS) is 13.8. The second-order valence-corrected chi connectivity index (χ2v) is 4.89. The molecule has 0 heterocycles. The van der Waals surface area contributed by atoms with E-state index in [-0.39, 0.29) is 0 Å². The Hall–Kier alpha value is 0.220. The van der Waals surface area contributed by atoms with Gasteiger partial charge < -0.3 is 0 Å². The third-order valence-electron chi connectivity index (χ3n) is 2.23. The summed E-state index contributed by atoms with van der Waals surface area (Å²) in [5.41, 5.74) is 0. The standard InChI is InChI=1S/C12H23Br/c1-3-5-6-7-8-9-11-12(13)10-4-2/h3,5,12H,4,6-11H2,1-2H3. The molecule has 0 spiro atoms. The molecule has 1 atom stereocenters. The molecular weight excluding hydrogens is 224 g/mol. The highest BCUT2D eigenvalue weighted by Crippen LogP contribution is 2.16. The van der Waals surface area contributed by atoms with Crippen LogP contribution >= 0.6 is 15.9 Å². The van der Waals surface area contributed by atoms with E-state index in [0.29, 0.717) is 0 Å². The van der Waals surface area contributed by atoms with E-state index in [1.54, 1.807) is 0 Å². The predicted molar refractivity (Wildman–Crippen MR) is 65.5 cm³/mol. The molecule has 0 fully saturated rings. The lowest BCUT2D eigenvalue weighted by Crippen LogP contribution is -1.96. The zero-order valence-corrected chi connectivity index (χ0v) is 10.6. The second kappa shape index (κ2) is 10.3. The Balaban J connectivity index is 3.06. The Morgan fingerprint density at radius 1 is 1.15 bits per heavy atom. The van der Waals surface area contributed by atoms with Crippen molar-refractivity contribution in [3.8, 4) is 0 Å². The lowest BCUT2D eigenvalue weighted by molar-refractivity contribution is 0.608. The molecule has 0 aliphatic heterocycles. The Morgan fingerprint density at radius 2 is 1.92 bits per heavy atom. The maximum absolute atomic E-state index is 3.71. The van der Waals surface area contributed by atoms with Gasteiger partial charge in [0.15, 0.2) is 0 Å². The first-order valence-corrected chi connectivity index (χ1v) is 6.48. The molecule has 0 aromatic rings. The third kappa shape index (κ3) is 10.1. The lowest BCUT2D eigenvalue weighted by Gasteiger charge is -2.06. The minimum atomic E-state index is 0.763. The summed E-state index contributed by atoms with van der Waals surface area (Å²) in [6, 6.07) is 0. The first-order valence-electron chi connectivity index (χ1n) is 5.56. The maximum Gasteiger partial charge on any atom is 0.0145 e. The maximum atomic E-state index is 3.71. The number of halogens is 1. The summed E-state index contributed by atoms with van der Waals surface area (Å²) < 4.78 is 0. The summed E-state index contributed by atoms with van der Waals surface area (Å²) in [6.07, 6.45) is 13.8. The van der Waals surface area contributed by atoms with Crippen LogP contribution in [0.15, 0.2) is 12.2 Å². The summed E-state index contributed by atoms with van der Waals surface area (Å²) in [5, 5.41) is 0. The summed E-state index contributed by atoms with van der Waals surface area (Å²) in [6.45, 7) is 4.34. The fraction of sp³-hybridized carbons (Fsp3) is 0.833. The van der Waals surface area contributed by atoms with E-state index in [1.165, 1.54) is 44.9 Å². The Morgan fingerprint density at radius 3 is 2.54 bits per heavy atom. The first kappa shape index (κ1) is 13.2. The summed E-state index contributed by atoms with van der Waals surface area (Å²) in [7, 11) is 0. The van der Waals surface area contributed by atoms with Crippen molar-refractivity contribution in [2.45, 2.75) is 63.6 Å². The fourth-order valence-corrected chi connectivity index (χ4v) is 2.21. The first-order chi connectivity index (χ1) is 6.31. The highest BCUT2D eigenvalue weighted by Gasteiger charge is 2.00. The van der Waals surface area contributed by atoms with Gasteiger partial charge in [0.25, 0.3) is 0 Å². The van der Waals surface area contributed by atoms with Gasteiger partial charge in [0, 0.05) is 4.83 Å². The van der Waals surface area contributed by atoms with E-state index in [1.807, 2.05) is 0 Å². The molecule has 0 aromatic heterocycles. The van der Waals surface area contributed by atoms with E-state index in [0.717, 1.165) is 4.83 Å². The molecule has 1 heteroatoms. The van der Waals surface area contributed by atoms with Crippen LogP contribution in [0.25, 0.3) is 0 Å². The molecule has 0 nitrogen and oxygen atoms in total. The second-order valence-electron chi connectivity index (χ2n) is 3.59. The van der Waals surface area contributed by atoms with Crippen LogP contribution in [0.1, 0.15) is 58.8 Å². The largest absolute Gasteiger partial charge is 0.0917 e. The third-order valence-corrected chi connectivity index (χ3v) is 3.14. The number of rotatable bonds is 8. The lowest BCUT2D eigenvalue weighted by atomic mass is 10.1. The molecule has 0 saturated carbocycles. The molecule has 1 unspecified atom stereocenters. The number of hydrogen-bond donors (Lipinski definition) is 0. The van der Waals surface area contributed by atoms with Crippen LogP contribution in [0.3, 0.4) is 0 Å². The zero-order chi connectivity index (χ0) is 9.94. The molecule has 13 heavy (non-hydrogen) atoms. The Bertz CT molecular complexity index is 118. The van der Waals surface area contributed by atoms with Gasteiger partial charge in [-0.1, -0.05) is 54.3 Å². The molecule has 0 aliphatic rings. The van der Waals surface area contributed by atoms with Gasteiger partial charge in [-0.15, -0.1) is 0 Å². The van der Waals surface area contributed by atoms with Crippen LogP contribution in [0.5, 0.6) is 0 Å². The number of allylic oxidation sites excluding steroid dienone is 2. The van der Waals surface area contributed by atoms with Crippen LogP contribution in [-0.2, 0) is 0 Å². The smallest absolute Gasteiger partial charge is 0.0145 e. The van der Waals surface area contributed by atoms with E-state index in [2.05, 4.69) is 41.9 Å². The van der Waals surface area contributed by atoms with Crippen LogP contribution < -0.4 is 0 Å². The van der Waals surface area contributed by atoms with Crippen molar-refractivity contribution in [2.24, 2.45) is 0 Å². The fourth-order valence-electron chi connectivity index (χ4n) is 1.43. The van der Waals surface area contributed by atoms with Crippen LogP contribution in [0.2, 0.25) is 0 Å². The van der Waals surface area contributed by atoms with Crippen molar-refractivity contribution in [1.82, 2.24) is 0 Å². The monoisotopic (exact) mass is 246 g/mol. The van der Waals surface area contributed by atoms with E-state index in [9.17, 15) is 0 Å². The number of alkyl halides is 1. The van der Waals surface area contributed by atoms with E-state index < -0.39 is 0 Å². The topological polar surface area (TPSA) is 0 Å². The molecule has 0 rings (SSSR count). The molecule has 0 radical (unpaired) electrons. The van der Waals surface area contributed by atoms with Crippen molar-refractivity contribution in [1.29, 1.82) is 0 Å².